The van der Waals surface area contributed by atoms with Gasteiger partial charge in [-0.25, -0.2) is 0 Å². The van der Waals surface area contributed by atoms with E-state index in [-0.39, 0.29) is 5.92 Å². The van der Waals surface area contributed by atoms with E-state index in [0.29, 0.717) is 0 Å². The highest BCUT2D eigenvalue weighted by atomic mass is 14.2. The summed E-state index contributed by atoms with van der Waals surface area (Å²) in [6.45, 7) is 21.1. The maximum Gasteiger partial charge on any atom is 0.000489 e. The second-order valence-electron chi connectivity index (χ2n) is 16.1. The first kappa shape index (κ1) is 41.7. The van der Waals surface area contributed by atoms with Crippen molar-refractivity contribution in [2.24, 2.45) is 0 Å². The predicted octanol–water partition coefficient (Wildman–Crippen LogP) is 17.5. The summed E-state index contributed by atoms with van der Waals surface area (Å²) in [5, 5.41) is 5.05. The highest BCUT2D eigenvalue weighted by Gasteiger charge is 2.21. The van der Waals surface area contributed by atoms with Crippen LogP contribution in [0.2, 0.25) is 0 Å². The third kappa shape index (κ3) is 9.05. The lowest BCUT2D eigenvalue weighted by Gasteiger charge is -2.23. The van der Waals surface area contributed by atoms with Gasteiger partial charge >= 0.3 is 0 Å². The Kier molecular flexibility index (Phi) is 13.5. The van der Waals surface area contributed by atoms with Gasteiger partial charge < -0.3 is 0 Å². The molecule has 6 aromatic carbocycles. The third-order valence-electron chi connectivity index (χ3n) is 12.0. The number of hydrogen-bond donors (Lipinski definition) is 0. The summed E-state index contributed by atoms with van der Waals surface area (Å²) in [5.74, 6) is 0.124. The molecule has 0 aliphatic heterocycles. The van der Waals surface area contributed by atoms with Crippen molar-refractivity contribution in [3.63, 3.8) is 0 Å². The van der Waals surface area contributed by atoms with E-state index in [2.05, 4.69) is 205 Å². The zero-order chi connectivity index (χ0) is 42.0. The first-order valence-electron chi connectivity index (χ1n) is 21.5. The van der Waals surface area contributed by atoms with Crippen molar-refractivity contribution in [3.05, 3.63) is 228 Å². The monoisotopic (exact) mass is 778 g/mol. The second-order valence-corrected chi connectivity index (χ2v) is 16.1. The quantitative estimate of drug-likeness (QED) is 0.0719. The first-order valence-corrected chi connectivity index (χ1v) is 21.5. The molecule has 6 aromatic rings. The standard InChI is InChI=1S/C60H58/c1-8-12-24-45(11-4)48(21-10-3)38-42(5)22-18-23-43(6)59-54(31-13-9-2)44(7)60(53-30-19-29-52(40-53)56-33-20-28-47-26-16-17-32-55(47)56)57-37-36-51(41-58(57)59)50-35-34-46-25-14-15-27-49(46)39-50/h8-11,13,15-23,26-37,39-41,43H,1-2,4,12,14,24-25,38H2,3,5-7H3/b21-10-,23-18-,31-13-,42-22+,48-45-. The fourth-order valence-corrected chi connectivity index (χ4v) is 8.99. The predicted molar refractivity (Wildman–Crippen MR) is 266 cm³/mol. The van der Waals surface area contributed by atoms with E-state index in [1.165, 1.54) is 99.5 Å². The van der Waals surface area contributed by atoms with Gasteiger partial charge in [-0.2, -0.15) is 0 Å². The Morgan fingerprint density at radius 2 is 1.55 bits per heavy atom. The van der Waals surface area contributed by atoms with Crippen LogP contribution in [0, 0.1) is 6.92 Å². The molecule has 0 bridgehead atoms. The molecule has 0 aromatic heterocycles. The van der Waals surface area contributed by atoms with Crippen LogP contribution < -0.4 is 0 Å². The Labute approximate surface area is 359 Å². The normalized spacial score (nSPS) is 14.0. The van der Waals surface area contributed by atoms with Crippen LogP contribution in [-0.4, -0.2) is 0 Å². The van der Waals surface area contributed by atoms with Gasteiger partial charge in [0.2, 0.25) is 0 Å². The summed E-state index contributed by atoms with van der Waals surface area (Å²) in [7, 11) is 0. The van der Waals surface area contributed by atoms with Crippen LogP contribution in [0.1, 0.15) is 80.2 Å². The molecule has 0 amide bonds. The van der Waals surface area contributed by atoms with Crippen molar-refractivity contribution in [3.8, 4) is 33.4 Å². The lowest BCUT2D eigenvalue weighted by molar-refractivity contribution is 0.970. The molecular formula is C60H58. The Morgan fingerprint density at radius 3 is 2.37 bits per heavy atom. The molecule has 1 atom stereocenters. The average molecular weight is 779 g/mol. The molecule has 0 saturated carbocycles. The maximum atomic E-state index is 4.13. The number of benzene rings is 6. The smallest absolute Gasteiger partial charge is 0.000489 e. The summed E-state index contributed by atoms with van der Waals surface area (Å²) in [5.41, 5.74) is 17.9. The zero-order valence-electron chi connectivity index (χ0n) is 36.0. The molecule has 0 nitrogen and oxygen atoms in total. The summed E-state index contributed by atoms with van der Waals surface area (Å²) < 4.78 is 0. The minimum atomic E-state index is 0.124. The van der Waals surface area contributed by atoms with Crippen LogP contribution in [0.25, 0.3) is 67.1 Å². The molecular weight excluding hydrogens is 721 g/mol. The van der Waals surface area contributed by atoms with E-state index in [4.69, 9.17) is 0 Å². The molecule has 1 unspecified atom stereocenters. The van der Waals surface area contributed by atoms with Gasteiger partial charge in [-0.1, -0.05) is 183 Å². The molecule has 0 heteroatoms. The van der Waals surface area contributed by atoms with E-state index < -0.39 is 0 Å². The van der Waals surface area contributed by atoms with Crippen LogP contribution in [0.5, 0.6) is 0 Å². The summed E-state index contributed by atoms with van der Waals surface area (Å²) in [6.07, 6.45) is 31.1. The van der Waals surface area contributed by atoms with Gasteiger partial charge in [0.15, 0.2) is 0 Å². The van der Waals surface area contributed by atoms with Crippen LogP contribution in [0.15, 0.2) is 200 Å². The summed E-state index contributed by atoms with van der Waals surface area (Å²) in [6, 6.07) is 38.6. The van der Waals surface area contributed by atoms with Crippen molar-refractivity contribution in [1.29, 1.82) is 0 Å². The highest BCUT2D eigenvalue weighted by Crippen LogP contribution is 2.44. The number of allylic oxidation sites excluding steroid dienone is 13. The van der Waals surface area contributed by atoms with Crippen LogP contribution in [0.4, 0.5) is 0 Å². The lowest BCUT2D eigenvalue weighted by Crippen LogP contribution is -2.02. The van der Waals surface area contributed by atoms with E-state index in [9.17, 15) is 0 Å². The molecule has 60 heavy (non-hydrogen) atoms. The molecule has 1 aliphatic carbocycles. The fourth-order valence-electron chi connectivity index (χ4n) is 8.99. The Hall–Kier alpha value is -6.50. The average Bonchev–Trinajstić information content (AvgIpc) is 3.28. The Balaban J connectivity index is 1.39. The molecule has 298 valence electrons. The molecule has 0 saturated heterocycles. The summed E-state index contributed by atoms with van der Waals surface area (Å²) >= 11 is 0. The first-order chi connectivity index (χ1) is 29.3. The van der Waals surface area contributed by atoms with Crippen molar-refractivity contribution in [1.82, 2.24) is 0 Å². The van der Waals surface area contributed by atoms with Gasteiger partial charge in [0.1, 0.15) is 0 Å². The summed E-state index contributed by atoms with van der Waals surface area (Å²) in [4.78, 5) is 0. The maximum absolute atomic E-state index is 4.13. The molecule has 0 N–H and O–H groups in total. The SMILES string of the molecule is C=C/C=C\c1c(C)c(-c2cccc(-c3cccc4ccccc34)c2)c2ccc(-c3ccc4c(c3)C=CCC4)cc2c1C(C)/C=C\C=C(/C)CC(/C=C\C)=C(/C=C)CCC=C. The van der Waals surface area contributed by atoms with Gasteiger partial charge in [-0.15, -0.1) is 6.58 Å². The Morgan fingerprint density at radius 1 is 0.767 bits per heavy atom. The molecule has 0 fully saturated rings. The zero-order valence-corrected chi connectivity index (χ0v) is 36.0. The van der Waals surface area contributed by atoms with Crippen molar-refractivity contribution in [2.45, 2.75) is 65.7 Å². The number of rotatable bonds is 15. The number of fused-ring (bicyclic) bond motifs is 3. The van der Waals surface area contributed by atoms with Crippen molar-refractivity contribution < 1.29 is 0 Å². The van der Waals surface area contributed by atoms with Crippen molar-refractivity contribution in [2.75, 3.05) is 0 Å². The third-order valence-corrected chi connectivity index (χ3v) is 12.0. The fraction of sp³-hybridized carbons (Fsp3) is 0.167. The van der Waals surface area contributed by atoms with Gasteiger partial charge in [-0.3, -0.25) is 0 Å². The van der Waals surface area contributed by atoms with Crippen LogP contribution >= 0.6 is 0 Å². The van der Waals surface area contributed by atoms with Crippen molar-refractivity contribution >= 4 is 33.7 Å². The Bertz CT molecular complexity index is 2760. The topological polar surface area (TPSA) is 0 Å². The molecule has 0 spiro atoms. The van der Waals surface area contributed by atoms with E-state index >= 15 is 0 Å². The molecule has 0 heterocycles. The van der Waals surface area contributed by atoms with Crippen LogP contribution in [0.3, 0.4) is 0 Å². The van der Waals surface area contributed by atoms with Crippen LogP contribution in [-0.2, 0) is 6.42 Å². The molecule has 0 radical (unpaired) electrons. The molecule has 7 rings (SSSR count). The van der Waals surface area contributed by atoms with Gasteiger partial charge in [0.25, 0.3) is 0 Å². The lowest BCUT2D eigenvalue weighted by atomic mass is 9.80. The largest absolute Gasteiger partial charge is 0.103 e. The van der Waals surface area contributed by atoms with Gasteiger partial charge in [0.05, 0.1) is 0 Å². The number of aryl methyl sites for hydroxylation is 1. The second kappa shape index (κ2) is 19.5. The molecule has 1 aliphatic rings. The number of hydrogen-bond acceptors (Lipinski definition) is 0. The van der Waals surface area contributed by atoms with Gasteiger partial charge in [-0.05, 0) is 165 Å². The van der Waals surface area contributed by atoms with E-state index in [1.807, 2.05) is 18.2 Å². The minimum Gasteiger partial charge on any atom is -0.103 e. The van der Waals surface area contributed by atoms with E-state index in [1.54, 1.807) is 0 Å². The highest BCUT2D eigenvalue weighted by molar-refractivity contribution is 6.06. The minimum absolute atomic E-state index is 0.124. The van der Waals surface area contributed by atoms with E-state index in [0.717, 1.165) is 32.1 Å². The van der Waals surface area contributed by atoms with Gasteiger partial charge in [0, 0.05) is 5.92 Å².